The lowest BCUT2D eigenvalue weighted by Gasteiger charge is -2.34. The van der Waals surface area contributed by atoms with Crippen LogP contribution in [0.5, 0.6) is 0 Å². The molecule has 1 aliphatic rings. The zero-order valence-corrected chi connectivity index (χ0v) is 11.2. The van der Waals surface area contributed by atoms with Gasteiger partial charge in [0.25, 0.3) is 0 Å². The zero-order chi connectivity index (χ0) is 12.6. The Morgan fingerprint density at radius 1 is 1.41 bits per heavy atom. The van der Waals surface area contributed by atoms with Crippen molar-refractivity contribution in [1.82, 2.24) is 5.32 Å². The highest BCUT2D eigenvalue weighted by molar-refractivity contribution is 7.99. The second kappa shape index (κ2) is 7.62. The lowest BCUT2D eigenvalue weighted by molar-refractivity contribution is -0.132. The van der Waals surface area contributed by atoms with Gasteiger partial charge in [-0.2, -0.15) is 0 Å². The fourth-order valence-electron chi connectivity index (χ4n) is 2.31. The van der Waals surface area contributed by atoms with Crippen LogP contribution in [-0.2, 0) is 4.79 Å². The number of carbonyl (C=O) groups is 1. The van der Waals surface area contributed by atoms with Crippen molar-refractivity contribution in [3.05, 3.63) is 0 Å². The molecular formula is C13H22N2OS. The van der Waals surface area contributed by atoms with Crippen LogP contribution < -0.4 is 11.1 Å². The molecule has 0 aromatic heterocycles. The molecule has 1 amide bonds. The van der Waals surface area contributed by atoms with Gasteiger partial charge in [0, 0.05) is 18.8 Å². The van der Waals surface area contributed by atoms with E-state index in [0.717, 1.165) is 31.4 Å². The Hall–Kier alpha value is -0.660. The molecule has 0 spiro atoms. The Kier molecular flexibility index (Phi) is 6.46. The summed E-state index contributed by atoms with van der Waals surface area (Å²) in [5.74, 6) is 4.29. The van der Waals surface area contributed by atoms with E-state index in [2.05, 4.69) is 11.2 Å². The third-order valence-corrected chi connectivity index (χ3v) is 4.26. The number of carbonyl (C=O) groups excluding carboxylic acids is 1. The molecule has 0 aromatic carbocycles. The summed E-state index contributed by atoms with van der Waals surface area (Å²) in [6.07, 6.45) is 10.5. The largest absolute Gasteiger partial charge is 0.355 e. The van der Waals surface area contributed by atoms with Crippen LogP contribution in [0.4, 0.5) is 0 Å². The summed E-state index contributed by atoms with van der Waals surface area (Å²) < 4.78 is 0. The van der Waals surface area contributed by atoms with E-state index in [1.807, 2.05) is 0 Å². The molecule has 1 fully saturated rings. The maximum Gasteiger partial charge on any atom is 0.227 e. The Morgan fingerprint density at radius 2 is 2.12 bits per heavy atom. The number of terminal acetylenes is 1. The van der Waals surface area contributed by atoms with Gasteiger partial charge in [-0.3, -0.25) is 4.79 Å². The summed E-state index contributed by atoms with van der Waals surface area (Å²) in [6, 6.07) is 0. The summed E-state index contributed by atoms with van der Waals surface area (Å²) >= 11 is 1.67. The number of amides is 1. The van der Waals surface area contributed by atoms with E-state index in [9.17, 15) is 4.79 Å². The average molecular weight is 254 g/mol. The van der Waals surface area contributed by atoms with Gasteiger partial charge in [0.05, 0.1) is 11.2 Å². The minimum absolute atomic E-state index is 0.140. The van der Waals surface area contributed by atoms with Gasteiger partial charge in [-0.05, 0) is 12.8 Å². The second-order valence-electron chi connectivity index (χ2n) is 4.56. The van der Waals surface area contributed by atoms with E-state index in [0.29, 0.717) is 18.8 Å². The van der Waals surface area contributed by atoms with Gasteiger partial charge >= 0.3 is 0 Å². The van der Waals surface area contributed by atoms with Crippen molar-refractivity contribution in [3.63, 3.8) is 0 Å². The molecule has 0 radical (unpaired) electrons. The molecule has 1 saturated carbocycles. The Balaban J connectivity index is 2.31. The highest BCUT2D eigenvalue weighted by Crippen LogP contribution is 2.35. The minimum Gasteiger partial charge on any atom is -0.355 e. The van der Waals surface area contributed by atoms with Crippen LogP contribution in [0.3, 0.4) is 0 Å². The lowest BCUT2D eigenvalue weighted by atomic mass is 9.73. The summed E-state index contributed by atoms with van der Waals surface area (Å²) in [6.45, 7) is 1.16. The predicted molar refractivity (Wildman–Crippen MR) is 73.7 cm³/mol. The number of hydrogen-bond acceptors (Lipinski definition) is 3. The maximum absolute atomic E-state index is 12.1. The Morgan fingerprint density at radius 3 is 2.71 bits per heavy atom. The van der Waals surface area contributed by atoms with Crippen LogP contribution >= 0.6 is 11.8 Å². The molecule has 96 valence electrons. The summed E-state index contributed by atoms with van der Waals surface area (Å²) in [7, 11) is 0. The van der Waals surface area contributed by atoms with Crippen LogP contribution in [-0.4, -0.2) is 30.5 Å². The lowest BCUT2D eigenvalue weighted by Crippen LogP contribution is -2.47. The van der Waals surface area contributed by atoms with Gasteiger partial charge in [-0.25, -0.2) is 0 Å². The van der Waals surface area contributed by atoms with Crippen LogP contribution in [0.15, 0.2) is 0 Å². The highest BCUT2D eigenvalue weighted by Gasteiger charge is 2.37. The standard InChI is InChI=1S/C13H22N2OS/c1-2-9-17-10-8-15-12(16)13(11-14)6-4-3-5-7-13/h1H,3-11,14H2,(H,15,16). The van der Waals surface area contributed by atoms with Gasteiger partial charge in [-0.15, -0.1) is 18.2 Å². The summed E-state index contributed by atoms with van der Waals surface area (Å²) in [4.78, 5) is 12.1. The predicted octanol–water partition coefficient (Wildman–Crippen LogP) is 1.38. The van der Waals surface area contributed by atoms with E-state index < -0.39 is 0 Å². The van der Waals surface area contributed by atoms with Gasteiger partial charge < -0.3 is 11.1 Å². The monoisotopic (exact) mass is 254 g/mol. The van der Waals surface area contributed by atoms with Crippen molar-refractivity contribution in [1.29, 1.82) is 0 Å². The van der Waals surface area contributed by atoms with Crippen LogP contribution in [0.25, 0.3) is 0 Å². The fourth-order valence-corrected chi connectivity index (χ4v) is 2.82. The first-order valence-corrected chi connectivity index (χ1v) is 7.40. The van der Waals surface area contributed by atoms with Crippen molar-refractivity contribution in [2.75, 3.05) is 24.6 Å². The first kappa shape index (κ1) is 14.4. The number of hydrogen-bond donors (Lipinski definition) is 2. The zero-order valence-electron chi connectivity index (χ0n) is 10.3. The summed E-state index contributed by atoms with van der Waals surface area (Å²) in [5.41, 5.74) is 5.50. The van der Waals surface area contributed by atoms with E-state index in [-0.39, 0.29) is 11.3 Å². The van der Waals surface area contributed by atoms with Crippen molar-refractivity contribution >= 4 is 17.7 Å². The van der Waals surface area contributed by atoms with Crippen LogP contribution in [0, 0.1) is 17.8 Å². The normalized spacial score (nSPS) is 18.4. The van der Waals surface area contributed by atoms with Gasteiger partial charge in [0.1, 0.15) is 0 Å². The van der Waals surface area contributed by atoms with Crippen molar-refractivity contribution in [2.24, 2.45) is 11.1 Å². The molecule has 0 aromatic rings. The molecule has 4 heteroatoms. The number of nitrogens with two attached hydrogens (primary N) is 1. The average Bonchev–Trinajstić information content (AvgIpc) is 2.39. The number of rotatable bonds is 6. The number of nitrogens with one attached hydrogen (secondary N) is 1. The Bertz CT molecular complexity index is 280. The van der Waals surface area contributed by atoms with Gasteiger partial charge in [0.15, 0.2) is 0 Å². The molecule has 0 saturated heterocycles. The maximum atomic E-state index is 12.1. The Labute approximate surface area is 108 Å². The van der Waals surface area contributed by atoms with E-state index in [4.69, 9.17) is 12.2 Å². The van der Waals surface area contributed by atoms with Crippen molar-refractivity contribution in [2.45, 2.75) is 32.1 Å². The third-order valence-electron chi connectivity index (χ3n) is 3.40. The molecule has 0 atom stereocenters. The van der Waals surface area contributed by atoms with Gasteiger partial charge in [0.2, 0.25) is 5.91 Å². The highest BCUT2D eigenvalue weighted by atomic mass is 32.2. The first-order chi connectivity index (χ1) is 8.25. The van der Waals surface area contributed by atoms with Crippen molar-refractivity contribution in [3.8, 4) is 12.3 Å². The SMILES string of the molecule is C#CCSCCNC(=O)C1(CN)CCCCC1. The van der Waals surface area contributed by atoms with E-state index >= 15 is 0 Å². The molecule has 3 N–H and O–H groups in total. The summed E-state index contributed by atoms with van der Waals surface area (Å²) in [5, 5.41) is 2.99. The number of thioether (sulfide) groups is 1. The van der Waals surface area contributed by atoms with Crippen LogP contribution in [0.2, 0.25) is 0 Å². The quantitative estimate of drug-likeness (QED) is 0.556. The fraction of sp³-hybridized carbons (Fsp3) is 0.769. The molecule has 1 aliphatic carbocycles. The van der Waals surface area contributed by atoms with Crippen molar-refractivity contribution < 1.29 is 4.79 Å². The molecule has 17 heavy (non-hydrogen) atoms. The molecule has 0 bridgehead atoms. The second-order valence-corrected chi connectivity index (χ2v) is 5.66. The molecule has 1 rings (SSSR count). The molecule has 3 nitrogen and oxygen atoms in total. The van der Waals surface area contributed by atoms with Crippen LogP contribution in [0.1, 0.15) is 32.1 Å². The molecule has 0 unspecified atom stereocenters. The van der Waals surface area contributed by atoms with E-state index in [1.54, 1.807) is 11.8 Å². The van der Waals surface area contributed by atoms with Gasteiger partial charge in [-0.1, -0.05) is 25.2 Å². The molecule has 0 heterocycles. The minimum atomic E-state index is -0.297. The van der Waals surface area contributed by atoms with E-state index in [1.165, 1.54) is 6.42 Å². The topological polar surface area (TPSA) is 55.1 Å². The molecule has 0 aliphatic heterocycles. The molecular weight excluding hydrogens is 232 g/mol. The third kappa shape index (κ3) is 4.25. The first-order valence-electron chi connectivity index (χ1n) is 6.25. The smallest absolute Gasteiger partial charge is 0.227 e.